The number of rotatable bonds is 9. The fraction of sp³-hybridized carbons (Fsp3) is 0.348. The Bertz CT molecular complexity index is 917. The molecule has 0 spiro atoms. The highest BCUT2D eigenvalue weighted by Gasteiger charge is 2.11. The Morgan fingerprint density at radius 1 is 1.18 bits per heavy atom. The number of H-pyrrole nitrogens is 1. The maximum absolute atomic E-state index is 12.1. The van der Waals surface area contributed by atoms with Crippen LogP contribution >= 0.6 is 0 Å². The fourth-order valence-electron chi connectivity index (χ4n) is 3.26. The number of hydrogen-bond donors (Lipinski definition) is 3. The summed E-state index contributed by atoms with van der Waals surface area (Å²) in [4.78, 5) is 15.4. The Hall–Kier alpha value is -2.79. The Labute approximate surface area is 165 Å². The van der Waals surface area contributed by atoms with Gasteiger partial charge in [0.05, 0.1) is 12.2 Å². The molecule has 1 heterocycles. The van der Waals surface area contributed by atoms with E-state index in [2.05, 4.69) is 16.4 Å². The van der Waals surface area contributed by atoms with Crippen LogP contribution in [0.3, 0.4) is 0 Å². The molecule has 5 heteroatoms. The SMILES string of the molecule is CC(C)Oc1cccc(C(O)CNC(=O)CCCc2c[nH]c3ccccc23)c1. The van der Waals surface area contributed by atoms with E-state index in [0.717, 1.165) is 29.7 Å². The molecule has 0 bridgehead atoms. The number of carbonyl (C=O) groups excluding carboxylic acids is 1. The van der Waals surface area contributed by atoms with Crippen LogP contribution in [0.2, 0.25) is 0 Å². The molecule has 3 N–H and O–H groups in total. The third-order valence-corrected chi connectivity index (χ3v) is 4.63. The van der Waals surface area contributed by atoms with Gasteiger partial charge in [0.1, 0.15) is 5.75 Å². The number of amides is 1. The van der Waals surface area contributed by atoms with Crippen LogP contribution < -0.4 is 10.1 Å². The third-order valence-electron chi connectivity index (χ3n) is 4.63. The second-order valence-corrected chi connectivity index (χ2v) is 7.27. The molecule has 0 aliphatic carbocycles. The van der Waals surface area contributed by atoms with Crippen molar-refractivity contribution < 1.29 is 14.6 Å². The highest BCUT2D eigenvalue weighted by atomic mass is 16.5. The molecule has 28 heavy (non-hydrogen) atoms. The molecule has 148 valence electrons. The lowest BCUT2D eigenvalue weighted by Crippen LogP contribution is -2.28. The van der Waals surface area contributed by atoms with Crippen LogP contribution in [0.5, 0.6) is 5.75 Å². The maximum Gasteiger partial charge on any atom is 0.220 e. The number of nitrogens with one attached hydrogen (secondary N) is 2. The van der Waals surface area contributed by atoms with Crippen LogP contribution in [0.25, 0.3) is 10.9 Å². The second kappa shape index (κ2) is 9.42. The molecule has 3 rings (SSSR count). The van der Waals surface area contributed by atoms with Crippen molar-refractivity contribution in [1.29, 1.82) is 0 Å². The number of aromatic amines is 1. The Kier molecular flexibility index (Phi) is 6.71. The van der Waals surface area contributed by atoms with Gasteiger partial charge in [0, 0.05) is 30.1 Å². The van der Waals surface area contributed by atoms with E-state index in [1.807, 2.05) is 62.5 Å². The number of benzene rings is 2. The zero-order valence-corrected chi connectivity index (χ0v) is 16.4. The van der Waals surface area contributed by atoms with E-state index in [0.29, 0.717) is 6.42 Å². The summed E-state index contributed by atoms with van der Waals surface area (Å²) in [7, 11) is 0. The first-order chi connectivity index (χ1) is 13.5. The molecule has 1 amide bonds. The molecule has 0 aliphatic rings. The first-order valence-electron chi connectivity index (χ1n) is 9.79. The lowest BCUT2D eigenvalue weighted by Gasteiger charge is -2.15. The molecule has 3 aromatic rings. The Morgan fingerprint density at radius 3 is 2.82 bits per heavy atom. The minimum Gasteiger partial charge on any atom is -0.491 e. The minimum absolute atomic E-state index is 0.0477. The summed E-state index contributed by atoms with van der Waals surface area (Å²) in [5, 5.41) is 14.4. The number of aliphatic hydroxyl groups is 1. The lowest BCUT2D eigenvalue weighted by atomic mass is 10.1. The Balaban J connectivity index is 1.44. The molecule has 1 aromatic heterocycles. The van der Waals surface area contributed by atoms with E-state index < -0.39 is 6.10 Å². The third kappa shape index (κ3) is 5.36. The van der Waals surface area contributed by atoms with Crippen LogP contribution in [0, 0.1) is 0 Å². The van der Waals surface area contributed by atoms with Gasteiger partial charge in [-0.2, -0.15) is 0 Å². The average Bonchev–Trinajstić information content (AvgIpc) is 3.09. The number of aromatic nitrogens is 1. The van der Waals surface area contributed by atoms with Gasteiger partial charge in [-0.1, -0.05) is 30.3 Å². The highest BCUT2D eigenvalue weighted by molar-refractivity contribution is 5.83. The predicted molar refractivity (Wildman–Crippen MR) is 111 cm³/mol. The van der Waals surface area contributed by atoms with Crippen LogP contribution in [-0.2, 0) is 11.2 Å². The van der Waals surface area contributed by atoms with Gasteiger partial charge < -0.3 is 20.1 Å². The second-order valence-electron chi connectivity index (χ2n) is 7.27. The van der Waals surface area contributed by atoms with Crippen molar-refractivity contribution in [2.75, 3.05) is 6.54 Å². The van der Waals surface area contributed by atoms with E-state index in [4.69, 9.17) is 4.74 Å². The number of fused-ring (bicyclic) bond motifs is 1. The molecule has 0 aliphatic heterocycles. The van der Waals surface area contributed by atoms with Crippen LogP contribution in [-0.4, -0.2) is 28.6 Å². The monoisotopic (exact) mass is 380 g/mol. The molecule has 1 unspecified atom stereocenters. The number of hydrogen-bond acceptors (Lipinski definition) is 3. The first kappa shape index (κ1) is 20.0. The van der Waals surface area contributed by atoms with Crippen molar-refractivity contribution in [2.45, 2.75) is 45.3 Å². The summed E-state index contributed by atoms with van der Waals surface area (Å²) in [6.45, 7) is 4.11. The molecule has 0 radical (unpaired) electrons. The van der Waals surface area contributed by atoms with E-state index in [-0.39, 0.29) is 18.6 Å². The zero-order valence-electron chi connectivity index (χ0n) is 16.4. The lowest BCUT2D eigenvalue weighted by molar-refractivity contribution is -0.121. The fourth-order valence-corrected chi connectivity index (χ4v) is 3.26. The number of aryl methyl sites for hydroxylation is 1. The summed E-state index contributed by atoms with van der Waals surface area (Å²) in [6, 6.07) is 15.5. The van der Waals surface area contributed by atoms with E-state index in [1.54, 1.807) is 0 Å². The number of ether oxygens (including phenoxy) is 1. The summed E-state index contributed by atoms with van der Waals surface area (Å²) < 4.78 is 5.65. The van der Waals surface area contributed by atoms with Crippen LogP contribution in [0.4, 0.5) is 0 Å². The minimum atomic E-state index is -0.756. The summed E-state index contributed by atoms with van der Waals surface area (Å²) >= 11 is 0. The van der Waals surface area contributed by atoms with Gasteiger partial charge in [0.25, 0.3) is 0 Å². The molecule has 0 fully saturated rings. The topological polar surface area (TPSA) is 74.3 Å². The van der Waals surface area contributed by atoms with Crippen molar-refractivity contribution >= 4 is 16.8 Å². The van der Waals surface area contributed by atoms with Crippen molar-refractivity contribution in [3.63, 3.8) is 0 Å². The molecule has 5 nitrogen and oxygen atoms in total. The predicted octanol–water partition coefficient (Wildman–Crippen LogP) is 4.13. The summed E-state index contributed by atoms with van der Waals surface area (Å²) in [5.41, 5.74) is 3.08. The van der Waals surface area contributed by atoms with E-state index in [9.17, 15) is 9.90 Å². The average molecular weight is 380 g/mol. The Morgan fingerprint density at radius 2 is 2.00 bits per heavy atom. The van der Waals surface area contributed by atoms with Gasteiger partial charge in [-0.15, -0.1) is 0 Å². The van der Waals surface area contributed by atoms with Crippen molar-refractivity contribution in [2.24, 2.45) is 0 Å². The van der Waals surface area contributed by atoms with Gasteiger partial charge in [0.2, 0.25) is 5.91 Å². The highest BCUT2D eigenvalue weighted by Crippen LogP contribution is 2.21. The normalized spacial score (nSPS) is 12.3. The molecular formula is C23H28N2O3. The first-order valence-corrected chi connectivity index (χ1v) is 9.79. The zero-order chi connectivity index (χ0) is 19.9. The van der Waals surface area contributed by atoms with E-state index in [1.165, 1.54) is 10.9 Å². The molecule has 0 saturated carbocycles. The van der Waals surface area contributed by atoms with Crippen LogP contribution in [0.1, 0.15) is 43.9 Å². The molecule has 0 saturated heterocycles. The van der Waals surface area contributed by atoms with Gasteiger partial charge in [-0.3, -0.25) is 4.79 Å². The number of para-hydroxylation sites is 1. The molecule has 2 aromatic carbocycles. The standard InChI is InChI=1S/C23H28N2O3/c1-16(2)28-19-9-5-7-17(13-19)22(26)15-25-23(27)12-6-8-18-14-24-21-11-4-3-10-20(18)21/h3-5,7,9-11,13-14,16,22,24,26H,6,8,12,15H2,1-2H3,(H,25,27). The number of aliphatic hydroxyl groups excluding tert-OH is 1. The van der Waals surface area contributed by atoms with Gasteiger partial charge in [-0.05, 0) is 56.0 Å². The van der Waals surface area contributed by atoms with Crippen molar-refractivity contribution in [3.05, 3.63) is 65.9 Å². The van der Waals surface area contributed by atoms with Crippen molar-refractivity contribution in [3.8, 4) is 5.75 Å². The van der Waals surface area contributed by atoms with Gasteiger partial charge in [0.15, 0.2) is 0 Å². The molecule has 1 atom stereocenters. The van der Waals surface area contributed by atoms with Crippen LogP contribution in [0.15, 0.2) is 54.7 Å². The quantitative estimate of drug-likeness (QED) is 0.523. The summed E-state index contributed by atoms with van der Waals surface area (Å²) in [6.07, 6.45) is 3.37. The number of carbonyl (C=O) groups is 1. The van der Waals surface area contributed by atoms with Crippen molar-refractivity contribution in [1.82, 2.24) is 10.3 Å². The van der Waals surface area contributed by atoms with Gasteiger partial charge >= 0.3 is 0 Å². The van der Waals surface area contributed by atoms with Gasteiger partial charge in [-0.25, -0.2) is 0 Å². The largest absolute Gasteiger partial charge is 0.491 e. The maximum atomic E-state index is 12.1. The van der Waals surface area contributed by atoms with E-state index >= 15 is 0 Å². The smallest absolute Gasteiger partial charge is 0.220 e. The molecular weight excluding hydrogens is 352 g/mol. The summed E-state index contributed by atoms with van der Waals surface area (Å²) in [5.74, 6) is 0.671.